The first-order valence-electron chi connectivity index (χ1n) is 5.45. The summed E-state index contributed by atoms with van der Waals surface area (Å²) in [6.07, 6.45) is -2.77. The van der Waals surface area contributed by atoms with Gasteiger partial charge in [0.25, 0.3) is 0 Å². The maximum absolute atomic E-state index is 13.5. The van der Waals surface area contributed by atoms with Crippen LogP contribution in [0.15, 0.2) is 30.7 Å². The Kier molecular flexibility index (Phi) is 3.78. The third-order valence-electron chi connectivity index (χ3n) is 2.41. The molecule has 0 atom stereocenters. The van der Waals surface area contributed by atoms with Crippen LogP contribution in [0, 0.1) is 15.9 Å². The zero-order chi connectivity index (χ0) is 15.6. The standard InChI is InChI=1S/C11H7F4N3O3/c12-9-2-1-8(21-11(13,14)15)3-7(9)4-17-5-10(16-6-17)18(19)20/h1-3,5-6H,4H2. The Balaban J connectivity index is 2.22. The van der Waals surface area contributed by atoms with Gasteiger partial charge in [0.1, 0.15) is 17.8 Å². The van der Waals surface area contributed by atoms with Gasteiger partial charge in [0, 0.05) is 5.56 Å². The van der Waals surface area contributed by atoms with E-state index in [2.05, 4.69) is 9.72 Å². The Labute approximate surface area is 114 Å². The molecule has 0 aliphatic carbocycles. The highest BCUT2D eigenvalue weighted by atomic mass is 19.4. The van der Waals surface area contributed by atoms with Crippen molar-refractivity contribution in [1.82, 2.24) is 9.55 Å². The highest BCUT2D eigenvalue weighted by Crippen LogP contribution is 2.25. The summed E-state index contributed by atoms with van der Waals surface area (Å²) in [6, 6.07) is 2.53. The molecule has 2 aromatic rings. The minimum absolute atomic E-state index is 0.121. The number of halogens is 4. The van der Waals surface area contributed by atoms with Crippen molar-refractivity contribution in [3.63, 3.8) is 0 Å². The highest BCUT2D eigenvalue weighted by Gasteiger charge is 2.31. The van der Waals surface area contributed by atoms with E-state index in [0.717, 1.165) is 30.7 Å². The lowest BCUT2D eigenvalue weighted by molar-refractivity contribution is -0.389. The molecule has 1 aromatic heterocycles. The van der Waals surface area contributed by atoms with E-state index in [1.807, 2.05) is 0 Å². The van der Waals surface area contributed by atoms with Gasteiger partial charge in [-0.05, 0) is 28.1 Å². The SMILES string of the molecule is O=[N+]([O-])c1cn(Cc2cc(OC(F)(F)F)ccc2F)cn1. The number of imidazole rings is 1. The number of alkyl halides is 3. The van der Waals surface area contributed by atoms with E-state index in [1.165, 1.54) is 4.57 Å². The topological polar surface area (TPSA) is 70.2 Å². The van der Waals surface area contributed by atoms with Crippen LogP contribution in [0.4, 0.5) is 23.4 Å². The largest absolute Gasteiger partial charge is 0.573 e. The molecule has 0 saturated carbocycles. The second kappa shape index (κ2) is 5.38. The van der Waals surface area contributed by atoms with Gasteiger partial charge in [0.15, 0.2) is 0 Å². The fourth-order valence-corrected chi connectivity index (χ4v) is 1.60. The maximum atomic E-state index is 13.5. The molecule has 0 N–H and O–H groups in total. The molecule has 1 heterocycles. The van der Waals surface area contributed by atoms with Crippen LogP contribution < -0.4 is 4.74 Å². The van der Waals surface area contributed by atoms with Crippen LogP contribution in [-0.2, 0) is 6.54 Å². The van der Waals surface area contributed by atoms with Gasteiger partial charge in [-0.1, -0.05) is 0 Å². The Morgan fingerprint density at radius 3 is 2.67 bits per heavy atom. The normalized spacial score (nSPS) is 11.4. The molecule has 0 amide bonds. The summed E-state index contributed by atoms with van der Waals surface area (Å²) in [4.78, 5) is 13.2. The maximum Gasteiger partial charge on any atom is 0.573 e. The quantitative estimate of drug-likeness (QED) is 0.495. The lowest BCUT2D eigenvalue weighted by atomic mass is 10.2. The number of rotatable bonds is 4. The molecule has 112 valence electrons. The summed E-state index contributed by atoms with van der Waals surface area (Å²) < 4.78 is 54.7. The number of ether oxygens (including phenoxy) is 1. The number of hydrogen-bond acceptors (Lipinski definition) is 4. The zero-order valence-electron chi connectivity index (χ0n) is 10.2. The van der Waals surface area contributed by atoms with Crippen molar-refractivity contribution in [2.24, 2.45) is 0 Å². The Bertz CT molecular complexity index is 669. The minimum atomic E-state index is -4.89. The summed E-state index contributed by atoms with van der Waals surface area (Å²) in [7, 11) is 0. The van der Waals surface area contributed by atoms with E-state index in [0.29, 0.717) is 0 Å². The molecule has 0 aliphatic rings. The predicted molar refractivity (Wildman–Crippen MR) is 61.1 cm³/mol. The van der Waals surface area contributed by atoms with Crippen molar-refractivity contribution in [2.75, 3.05) is 0 Å². The summed E-state index contributed by atoms with van der Waals surface area (Å²) in [5, 5.41) is 10.5. The third-order valence-corrected chi connectivity index (χ3v) is 2.41. The van der Waals surface area contributed by atoms with Crippen molar-refractivity contribution in [3.8, 4) is 5.75 Å². The molecule has 0 aliphatic heterocycles. The second-order valence-corrected chi connectivity index (χ2v) is 3.96. The Morgan fingerprint density at radius 1 is 1.38 bits per heavy atom. The zero-order valence-corrected chi connectivity index (χ0v) is 10.2. The minimum Gasteiger partial charge on any atom is -0.406 e. The van der Waals surface area contributed by atoms with E-state index >= 15 is 0 Å². The molecule has 0 bridgehead atoms. The van der Waals surface area contributed by atoms with E-state index in [1.54, 1.807) is 0 Å². The van der Waals surface area contributed by atoms with E-state index < -0.39 is 28.7 Å². The molecule has 10 heteroatoms. The number of hydrogen-bond donors (Lipinski definition) is 0. The van der Waals surface area contributed by atoms with Gasteiger partial charge in [-0.15, -0.1) is 13.2 Å². The van der Waals surface area contributed by atoms with Crippen molar-refractivity contribution in [2.45, 2.75) is 12.9 Å². The number of aromatic nitrogens is 2. The lowest BCUT2D eigenvalue weighted by Gasteiger charge is -2.10. The first-order valence-corrected chi connectivity index (χ1v) is 5.45. The lowest BCUT2D eigenvalue weighted by Crippen LogP contribution is -2.17. The first-order chi connectivity index (χ1) is 9.74. The van der Waals surface area contributed by atoms with Gasteiger partial charge in [-0.3, -0.25) is 0 Å². The summed E-state index contributed by atoms with van der Waals surface area (Å²) in [5.41, 5.74) is -0.121. The molecule has 0 saturated heterocycles. The highest BCUT2D eigenvalue weighted by molar-refractivity contribution is 5.30. The van der Waals surface area contributed by atoms with Crippen molar-refractivity contribution in [3.05, 3.63) is 52.2 Å². The summed E-state index contributed by atoms with van der Waals surface area (Å²) >= 11 is 0. The first kappa shape index (κ1) is 14.8. The van der Waals surface area contributed by atoms with Crippen LogP contribution in [-0.4, -0.2) is 20.8 Å². The second-order valence-electron chi connectivity index (χ2n) is 3.96. The van der Waals surface area contributed by atoms with Crippen molar-refractivity contribution in [1.29, 1.82) is 0 Å². The van der Waals surface area contributed by atoms with Crippen LogP contribution in [0.25, 0.3) is 0 Å². The predicted octanol–water partition coefficient (Wildman–Crippen LogP) is 2.88. The van der Waals surface area contributed by atoms with Crippen LogP contribution in [0.3, 0.4) is 0 Å². The monoisotopic (exact) mass is 305 g/mol. The fourth-order valence-electron chi connectivity index (χ4n) is 1.60. The van der Waals surface area contributed by atoms with Gasteiger partial charge in [-0.25, -0.2) is 4.39 Å². The average molecular weight is 305 g/mol. The van der Waals surface area contributed by atoms with Gasteiger partial charge in [-0.2, -0.15) is 0 Å². The van der Waals surface area contributed by atoms with Gasteiger partial charge >= 0.3 is 12.2 Å². The molecule has 0 radical (unpaired) electrons. The molecular weight excluding hydrogens is 298 g/mol. The van der Waals surface area contributed by atoms with Crippen LogP contribution in [0.5, 0.6) is 5.75 Å². The van der Waals surface area contributed by atoms with E-state index in [4.69, 9.17) is 0 Å². The summed E-state index contributed by atoms with van der Waals surface area (Å²) in [5.74, 6) is -1.78. The summed E-state index contributed by atoms with van der Waals surface area (Å²) in [6.45, 7) is -0.221. The molecule has 2 rings (SSSR count). The molecule has 21 heavy (non-hydrogen) atoms. The van der Waals surface area contributed by atoms with Gasteiger partial charge in [0.05, 0.1) is 6.54 Å². The molecule has 0 spiro atoms. The van der Waals surface area contributed by atoms with Crippen LogP contribution in [0.2, 0.25) is 0 Å². The number of nitro groups is 1. The number of benzene rings is 1. The van der Waals surface area contributed by atoms with E-state index in [9.17, 15) is 27.7 Å². The molecule has 0 unspecified atom stereocenters. The van der Waals surface area contributed by atoms with Gasteiger partial charge < -0.3 is 19.4 Å². The fraction of sp³-hybridized carbons (Fsp3) is 0.182. The van der Waals surface area contributed by atoms with Crippen molar-refractivity contribution >= 4 is 5.82 Å². The van der Waals surface area contributed by atoms with Crippen LogP contribution in [0.1, 0.15) is 5.56 Å². The third kappa shape index (κ3) is 3.91. The average Bonchev–Trinajstić information content (AvgIpc) is 2.80. The Hall–Kier alpha value is -2.65. The van der Waals surface area contributed by atoms with Crippen molar-refractivity contribution < 1.29 is 27.2 Å². The smallest absolute Gasteiger partial charge is 0.406 e. The Morgan fingerprint density at radius 2 is 2.10 bits per heavy atom. The molecule has 6 nitrogen and oxygen atoms in total. The number of nitrogens with zero attached hydrogens (tertiary/aromatic N) is 3. The van der Waals surface area contributed by atoms with Gasteiger partial charge in [0.2, 0.25) is 6.33 Å². The molecule has 0 fully saturated rings. The molecule has 1 aromatic carbocycles. The molecular formula is C11H7F4N3O3. The van der Waals surface area contributed by atoms with Crippen LogP contribution >= 0.6 is 0 Å². The van der Waals surface area contributed by atoms with E-state index in [-0.39, 0.29) is 12.1 Å².